The fourth-order valence-electron chi connectivity index (χ4n) is 4.76. The lowest BCUT2D eigenvalue weighted by atomic mass is 9.97. The first-order chi connectivity index (χ1) is 14.6. The van der Waals surface area contributed by atoms with E-state index < -0.39 is 0 Å². The average Bonchev–Trinajstić information content (AvgIpc) is 2.78. The van der Waals surface area contributed by atoms with Gasteiger partial charge in [0.25, 0.3) is 0 Å². The monoisotopic (exact) mass is 416 g/mol. The molecule has 0 unspecified atom stereocenters. The van der Waals surface area contributed by atoms with Gasteiger partial charge >= 0.3 is 0 Å². The third-order valence-electron chi connectivity index (χ3n) is 6.72. The molecule has 30 heavy (non-hydrogen) atoms. The molecular formula is C24H40N4O2. The number of rotatable bonds is 9. The zero-order chi connectivity index (χ0) is 21.3. The highest BCUT2D eigenvalue weighted by Crippen LogP contribution is 2.21. The topological polar surface area (TPSA) is 39.3 Å². The van der Waals surface area contributed by atoms with Crippen LogP contribution in [0.2, 0.25) is 0 Å². The molecule has 0 saturated carbocycles. The zero-order valence-electron chi connectivity index (χ0n) is 19.2. The summed E-state index contributed by atoms with van der Waals surface area (Å²) in [5, 5.41) is 0. The first kappa shape index (κ1) is 23.0. The number of likely N-dealkylation sites (N-methyl/N-ethyl adjacent to an activating group) is 2. The van der Waals surface area contributed by atoms with Gasteiger partial charge in [-0.3, -0.25) is 9.69 Å². The van der Waals surface area contributed by atoms with Gasteiger partial charge in [-0.15, -0.1) is 0 Å². The van der Waals surface area contributed by atoms with E-state index in [1.807, 2.05) is 24.1 Å². The molecule has 2 saturated heterocycles. The summed E-state index contributed by atoms with van der Waals surface area (Å²) >= 11 is 0. The largest absolute Gasteiger partial charge is 0.496 e. The van der Waals surface area contributed by atoms with Gasteiger partial charge in [0.15, 0.2) is 0 Å². The summed E-state index contributed by atoms with van der Waals surface area (Å²) < 4.78 is 5.49. The summed E-state index contributed by atoms with van der Waals surface area (Å²) in [7, 11) is 3.73. The van der Waals surface area contributed by atoms with Gasteiger partial charge in [0.05, 0.1) is 13.7 Å². The van der Waals surface area contributed by atoms with Gasteiger partial charge in [-0.1, -0.05) is 25.1 Å². The fraction of sp³-hybridized carbons (Fsp3) is 0.708. The van der Waals surface area contributed by atoms with Crippen molar-refractivity contribution < 1.29 is 9.53 Å². The molecule has 3 rings (SSSR count). The summed E-state index contributed by atoms with van der Waals surface area (Å²) in [4.78, 5) is 22.0. The number of carbonyl (C=O) groups is 1. The third kappa shape index (κ3) is 6.69. The molecule has 2 aliphatic rings. The number of carbonyl (C=O) groups excluding carboxylic acids is 1. The van der Waals surface area contributed by atoms with Crippen molar-refractivity contribution in [1.82, 2.24) is 19.6 Å². The predicted molar refractivity (Wildman–Crippen MR) is 122 cm³/mol. The van der Waals surface area contributed by atoms with Gasteiger partial charge in [-0.25, -0.2) is 0 Å². The van der Waals surface area contributed by atoms with E-state index in [0.29, 0.717) is 12.5 Å². The molecule has 1 atom stereocenters. The molecule has 0 radical (unpaired) electrons. The van der Waals surface area contributed by atoms with Crippen molar-refractivity contribution in [2.24, 2.45) is 5.92 Å². The molecule has 2 aliphatic heterocycles. The van der Waals surface area contributed by atoms with Crippen LogP contribution in [0.1, 0.15) is 25.3 Å². The van der Waals surface area contributed by atoms with Crippen LogP contribution in [0.4, 0.5) is 0 Å². The van der Waals surface area contributed by atoms with E-state index in [1.165, 1.54) is 18.4 Å². The molecule has 2 heterocycles. The lowest BCUT2D eigenvalue weighted by Gasteiger charge is -2.36. The molecule has 0 aliphatic carbocycles. The minimum absolute atomic E-state index is 0.270. The molecule has 168 valence electrons. The maximum absolute atomic E-state index is 12.7. The first-order valence-corrected chi connectivity index (χ1v) is 11.6. The highest BCUT2D eigenvalue weighted by atomic mass is 16.5. The Morgan fingerprint density at radius 2 is 1.83 bits per heavy atom. The van der Waals surface area contributed by atoms with Crippen LogP contribution in [0.3, 0.4) is 0 Å². The van der Waals surface area contributed by atoms with Crippen LogP contribution in [-0.4, -0.2) is 105 Å². The maximum Gasteiger partial charge on any atom is 0.236 e. The van der Waals surface area contributed by atoms with E-state index in [0.717, 1.165) is 71.1 Å². The second-order valence-electron chi connectivity index (χ2n) is 8.86. The highest BCUT2D eigenvalue weighted by molar-refractivity contribution is 5.78. The van der Waals surface area contributed by atoms with Gasteiger partial charge in [0.2, 0.25) is 5.91 Å². The van der Waals surface area contributed by atoms with E-state index in [9.17, 15) is 4.79 Å². The lowest BCUT2D eigenvalue weighted by molar-refractivity contribution is -0.132. The van der Waals surface area contributed by atoms with Gasteiger partial charge in [-0.05, 0) is 49.9 Å². The SMILES string of the molecule is CCN1CCN(CC(=O)N(C)C[C@H]2CCCN(CCc3ccccc3OC)C2)CC1. The predicted octanol–water partition coefficient (Wildman–Crippen LogP) is 2.05. The smallest absolute Gasteiger partial charge is 0.236 e. The van der Waals surface area contributed by atoms with Gasteiger partial charge in [0.1, 0.15) is 5.75 Å². The average molecular weight is 417 g/mol. The number of para-hydroxylation sites is 1. The van der Waals surface area contributed by atoms with Crippen molar-refractivity contribution in [2.75, 3.05) is 79.6 Å². The number of piperidine rings is 1. The Morgan fingerprint density at radius 1 is 1.10 bits per heavy atom. The Hall–Kier alpha value is -1.63. The Kier molecular flexibility index (Phi) is 8.97. The van der Waals surface area contributed by atoms with Crippen LogP contribution in [0.15, 0.2) is 24.3 Å². The summed E-state index contributed by atoms with van der Waals surface area (Å²) in [6, 6.07) is 8.30. The molecule has 0 aromatic heterocycles. The van der Waals surface area contributed by atoms with E-state index in [4.69, 9.17) is 4.74 Å². The standard InChI is InChI=1S/C24H40N4O2/c1-4-26-14-16-28(17-15-26)20-24(29)25(2)18-21-8-7-12-27(19-21)13-11-22-9-5-6-10-23(22)30-3/h5-6,9-10,21H,4,7-8,11-20H2,1-3H3/t21-/m1/s1. The summed E-state index contributed by atoms with van der Waals surface area (Å²) in [6.07, 6.45) is 3.45. The Labute approximate surface area is 182 Å². The summed E-state index contributed by atoms with van der Waals surface area (Å²) in [6.45, 7) is 12.2. The second kappa shape index (κ2) is 11.7. The van der Waals surface area contributed by atoms with Crippen molar-refractivity contribution >= 4 is 5.91 Å². The number of hydrogen-bond acceptors (Lipinski definition) is 5. The van der Waals surface area contributed by atoms with Crippen molar-refractivity contribution in [1.29, 1.82) is 0 Å². The summed E-state index contributed by atoms with van der Waals surface area (Å²) in [5.41, 5.74) is 1.28. The van der Waals surface area contributed by atoms with Crippen molar-refractivity contribution in [3.05, 3.63) is 29.8 Å². The highest BCUT2D eigenvalue weighted by Gasteiger charge is 2.24. The molecule has 1 amide bonds. The normalized spacial score (nSPS) is 21.5. The first-order valence-electron chi connectivity index (χ1n) is 11.6. The second-order valence-corrected chi connectivity index (χ2v) is 8.86. The van der Waals surface area contributed by atoms with E-state index in [1.54, 1.807) is 7.11 Å². The van der Waals surface area contributed by atoms with E-state index >= 15 is 0 Å². The molecule has 1 aromatic rings. The number of likely N-dealkylation sites (tertiary alicyclic amines) is 1. The van der Waals surface area contributed by atoms with Crippen LogP contribution in [-0.2, 0) is 11.2 Å². The number of piperazine rings is 1. The quantitative estimate of drug-likeness (QED) is 0.616. The maximum atomic E-state index is 12.7. The lowest BCUT2D eigenvalue weighted by Crippen LogP contribution is -2.50. The molecule has 2 fully saturated rings. The molecule has 1 aromatic carbocycles. The van der Waals surface area contributed by atoms with Crippen molar-refractivity contribution in [2.45, 2.75) is 26.2 Å². The molecule has 0 bridgehead atoms. The number of ether oxygens (including phenoxy) is 1. The van der Waals surface area contributed by atoms with Crippen LogP contribution < -0.4 is 4.74 Å². The number of nitrogens with zero attached hydrogens (tertiary/aromatic N) is 4. The molecule has 0 N–H and O–H groups in total. The number of benzene rings is 1. The Morgan fingerprint density at radius 3 is 2.57 bits per heavy atom. The van der Waals surface area contributed by atoms with Crippen molar-refractivity contribution in [3.8, 4) is 5.75 Å². The van der Waals surface area contributed by atoms with Gasteiger partial charge < -0.3 is 19.4 Å². The molecule has 6 heteroatoms. The zero-order valence-corrected chi connectivity index (χ0v) is 19.2. The van der Waals surface area contributed by atoms with Crippen molar-refractivity contribution in [3.63, 3.8) is 0 Å². The Balaban J connectivity index is 1.41. The summed E-state index contributed by atoms with van der Waals surface area (Å²) in [5.74, 6) is 1.82. The number of hydrogen-bond donors (Lipinski definition) is 0. The molecule has 0 spiro atoms. The van der Waals surface area contributed by atoms with Gasteiger partial charge in [-0.2, -0.15) is 0 Å². The van der Waals surface area contributed by atoms with Crippen LogP contribution in [0.5, 0.6) is 5.75 Å². The minimum atomic E-state index is 0.270. The Bertz CT molecular complexity index is 660. The van der Waals surface area contributed by atoms with E-state index in [2.05, 4.69) is 33.8 Å². The fourth-order valence-corrected chi connectivity index (χ4v) is 4.76. The van der Waals surface area contributed by atoms with Crippen LogP contribution >= 0.6 is 0 Å². The van der Waals surface area contributed by atoms with E-state index in [-0.39, 0.29) is 5.91 Å². The molecular weight excluding hydrogens is 376 g/mol. The number of methoxy groups -OCH3 is 1. The third-order valence-corrected chi connectivity index (χ3v) is 6.72. The molecule has 6 nitrogen and oxygen atoms in total. The van der Waals surface area contributed by atoms with Crippen LogP contribution in [0, 0.1) is 5.92 Å². The van der Waals surface area contributed by atoms with Crippen LogP contribution in [0.25, 0.3) is 0 Å². The number of amides is 1. The van der Waals surface area contributed by atoms with Gasteiger partial charge in [0, 0.05) is 52.9 Å². The minimum Gasteiger partial charge on any atom is -0.496 e.